The van der Waals surface area contributed by atoms with Gasteiger partial charge in [0, 0.05) is 30.1 Å². The van der Waals surface area contributed by atoms with Gasteiger partial charge in [-0.15, -0.1) is 0 Å². The van der Waals surface area contributed by atoms with E-state index in [4.69, 9.17) is 0 Å². The molecule has 3 aromatic rings. The first-order chi connectivity index (χ1) is 13.6. The Kier molecular flexibility index (Phi) is 3.96. The highest BCUT2D eigenvalue weighted by molar-refractivity contribution is 5.84. The molecule has 1 aliphatic carbocycles. The number of rotatable bonds is 1. The lowest BCUT2D eigenvalue weighted by atomic mass is 9.87. The lowest BCUT2D eigenvalue weighted by Gasteiger charge is -2.41. The normalized spacial score (nSPS) is 24.2. The fourth-order valence-corrected chi connectivity index (χ4v) is 4.94. The summed E-state index contributed by atoms with van der Waals surface area (Å²) in [6.07, 6.45) is 7.64. The minimum absolute atomic E-state index is 0.00181. The molecule has 0 radical (unpaired) electrons. The number of aromatic nitrogens is 3. The Morgan fingerprint density at radius 3 is 2.96 bits per heavy atom. The molecule has 1 aromatic carbocycles. The van der Waals surface area contributed by atoms with E-state index in [1.165, 1.54) is 0 Å². The number of hydrogen-bond acceptors (Lipinski definition) is 5. The quantitative estimate of drug-likeness (QED) is 0.605. The van der Waals surface area contributed by atoms with Crippen molar-refractivity contribution in [3.05, 3.63) is 47.8 Å². The van der Waals surface area contributed by atoms with Crippen LogP contribution in [0.4, 0.5) is 5.69 Å². The van der Waals surface area contributed by atoms with Crippen LogP contribution in [0.2, 0.25) is 0 Å². The Hall–Kier alpha value is -3.09. The number of carbonyl (C=O) groups excluding carboxylic acids is 1. The highest BCUT2D eigenvalue weighted by Crippen LogP contribution is 2.46. The summed E-state index contributed by atoms with van der Waals surface area (Å²) in [6.45, 7) is 1.62. The minimum Gasteiger partial charge on any atom is -0.494 e. The fraction of sp³-hybridized carbons (Fsp3) is 0.381. The van der Waals surface area contributed by atoms with Crippen molar-refractivity contribution >= 4 is 22.5 Å². The number of nitrogens with one attached hydrogen (secondary N) is 2. The molecule has 0 spiro atoms. The van der Waals surface area contributed by atoms with Crippen molar-refractivity contribution in [2.24, 2.45) is 0 Å². The molecule has 28 heavy (non-hydrogen) atoms. The van der Waals surface area contributed by atoms with Crippen molar-refractivity contribution in [1.82, 2.24) is 20.1 Å². The second kappa shape index (κ2) is 6.51. The third-order valence-electron chi connectivity index (χ3n) is 6.11. The SMILES string of the molecule is CC(=O)N1[C@H](c2cccc3ccnnc23)c2c(c[nH]c2O)N[C@@H]2CCCC[C@H]21. The second-order valence-corrected chi connectivity index (χ2v) is 7.71. The molecular formula is C21H23N5O2. The largest absolute Gasteiger partial charge is 0.494 e. The predicted molar refractivity (Wildman–Crippen MR) is 106 cm³/mol. The van der Waals surface area contributed by atoms with E-state index in [-0.39, 0.29) is 23.9 Å². The van der Waals surface area contributed by atoms with Gasteiger partial charge in [-0.1, -0.05) is 31.0 Å². The van der Waals surface area contributed by atoms with Gasteiger partial charge in [0.2, 0.25) is 5.91 Å². The molecule has 1 aliphatic heterocycles. The van der Waals surface area contributed by atoms with E-state index in [2.05, 4.69) is 20.5 Å². The van der Waals surface area contributed by atoms with E-state index in [9.17, 15) is 9.90 Å². The van der Waals surface area contributed by atoms with Crippen LogP contribution in [0.1, 0.15) is 49.8 Å². The molecule has 7 nitrogen and oxygen atoms in total. The van der Waals surface area contributed by atoms with Crippen molar-refractivity contribution in [3.63, 3.8) is 0 Å². The van der Waals surface area contributed by atoms with Gasteiger partial charge in [0.15, 0.2) is 5.88 Å². The zero-order chi connectivity index (χ0) is 19.3. The molecule has 0 bridgehead atoms. The summed E-state index contributed by atoms with van der Waals surface area (Å²) in [5.41, 5.74) is 3.18. The molecule has 2 aliphatic rings. The molecule has 3 atom stereocenters. The van der Waals surface area contributed by atoms with Crippen LogP contribution in [0.3, 0.4) is 0 Å². The zero-order valence-corrected chi connectivity index (χ0v) is 15.7. The van der Waals surface area contributed by atoms with Gasteiger partial charge in [-0.05, 0) is 18.9 Å². The van der Waals surface area contributed by atoms with Gasteiger partial charge in [-0.3, -0.25) is 4.79 Å². The van der Waals surface area contributed by atoms with E-state index in [0.717, 1.165) is 47.8 Å². The van der Waals surface area contributed by atoms with Crippen LogP contribution >= 0.6 is 0 Å². The summed E-state index contributed by atoms with van der Waals surface area (Å²) in [5.74, 6) is 0.0799. The maximum absolute atomic E-state index is 12.9. The molecule has 2 aromatic heterocycles. The third kappa shape index (κ3) is 2.53. The van der Waals surface area contributed by atoms with E-state index < -0.39 is 6.04 Å². The van der Waals surface area contributed by atoms with Crippen LogP contribution in [0.25, 0.3) is 10.9 Å². The topological polar surface area (TPSA) is 94.1 Å². The summed E-state index contributed by atoms with van der Waals surface area (Å²) < 4.78 is 0. The van der Waals surface area contributed by atoms with Gasteiger partial charge in [-0.25, -0.2) is 0 Å². The number of benzene rings is 1. The molecule has 1 fully saturated rings. The summed E-state index contributed by atoms with van der Waals surface area (Å²) in [7, 11) is 0. The molecule has 1 amide bonds. The number of H-pyrrole nitrogens is 1. The average molecular weight is 377 g/mol. The van der Waals surface area contributed by atoms with Gasteiger partial charge in [0.1, 0.15) is 0 Å². The number of fused-ring (bicyclic) bond motifs is 3. The van der Waals surface area contributed by atoms with Gasteiger partial charge < -0.3 is 20.3 Å². The standard InChI is InChI=1S/C21H23N5O2/c1-12(27)26-17-8-3-2-7-15(17)24-16-11-22-21(28)18(16)20(26)14-6-4-5-13-9-10-23-25-19(13)14/h4-6,9-11,15,17,20,22,24,28H,2-3,7-8H2,1H3/t15-,17-,20-/m1/s1. The Morgan fingerprint density at radius 2 is 2.11 bits per heavy atom. The van der Waals surface area contributed by atoms with E-state index in [1.54, 1.807) is 19.3 Å². The maximum atomic E-state index is 12.9. The van der Waals surface area contributed by atoms with Gasteiger partial charge in [0.05, 0.1) is 35.0 Å². The van der Waals surface area contributed by atoms with Crippen molar-refractivity contribution in [2.75, 3.05) is 5.32 Å². The van der Waals surface area contributed by atoms with Gasteiger partial charge >= 0.3 is 0 Å². The van der Waals surface area contributed by atoms with E-state index in [1.807, 2.05) is 29.2 Å². The van der Waals surface area contributed by atoms with E-state index in [0.29, 0.717) is 5.56 Å². The Labute approximate surface area is 162 Å². The number of hydrogen-bond donors (Lipinski definition) is 3. The Balaban J connectivity index is 1.79. The van der Waals surface area contributed by atoms with Crippen molar-refractivity contribution in [3.8, 4) is 5.88 Å². The monoisotopic (exact) mass is 377 g/mol. The maximum Gasteiger partial charge on any atom is 0.220 e. The molecule has 3 heterocycles. The smallest absolute Gasteiger partial charge is 0.220 e. The number of aromatic amines is 1. The number of anilines is 1. The summed E-state index contributed by atoms with van der Waals surface area (Å²) in [6, 6.07) is 7.66. The number of nitrogens with zero attached hydrogens (tertiary/aromatic N) is 3. The zero-order valence-electron chi connectivity index (χ0n) is 15.7. The average Bonchev–Trinajstić information content (AvgIpc) is 2.98. The first-order valence-corrected chi connectivity index (χ1v) is 9.81. The predicted octanol–water partition coefficient (Wildman–Crippen LogP) is 3.34. The third-order valence-corrected chi connectivity index (χ3v) is 6.11. The number of amides is 1. The second-order valence-electron chi connectivity index (χ2n) is 7.71. The number of aromatic hydroxyl groups is 1. The van der Waals surface area contributed by atoms with Gasteiger partial charge in [-0.2, -0.15) is 10.2 Å². The lowest BCUT2D eigenvalue weighted by molar-refractivity contribution is -0.134. The van der Waals surface area contributed by atoms with E-state index >= 15 is 0 Å². The molecular weight excluding hydrogens is 354 g/mol. The molecule has 0 saturated heterocycles. The van der Waals surface area contributed by atoms with Crippen molar-refractivity contribution in [1.29, 1.82) is 0 Å². The molecule has 144 valence electrons. The molecule has 1 saturated carbocycles. The fourth-order valence-electron chi connectivity index (χ4n) is 4.94. The summed E-state index contributed by atoms with van der Waals surface area (Å²) >= 11 is 0. The first-order valence-electron chi connectivity index (χ1n) is 9.81. The highest BCUT2D eigenvalue weighted by atomic mass is 16.3. The van der Waals surface area contributed by atoms with Gasteiger partial charge in [0.25, 0.3) is 0 Å². The van der Waals surface area contributed by atoms with Crippen LogP contribution in [0, 0.1) is 0 Å². The lowest BCUT2D eigenvalue weighted by Crippen LogP contribution is -2.50. The Morgan fingerprint density at radius 1 is 1.25 bits per heavy atom. The van der Waals surface area contributed by atoms with Crippen LogP contribution in [-0.2, 0) is 4.79 Å². The van der Waals surface area contributed by atoms with Crippen molar-refractivity contribution < 1.29 is 9.90 Å². The minimum atomic E-state index is -0.431. The molecule has 3 N–H and O–H groups in total. The molecule has 5 rings (SSSR count). The van der Waals surface area contributed by atoms with Crippen LogP contribution in [0.5, 0.6) is 5.88 Å². The molecule has 0 unspecified atom stereocenters. The summed E-state index contributed by atoms with van der Waals surface area (Å²) in [4.78, 5) is 17.8. The first kappa shape index (κ1) is 17.0. The van der Waals surface area contributed by atoms with Crippen molar-refractivity contribution in [2.45, 2.75) is 50.7 Å². The van der Waals surface area contributed by atoms with Crippen LogP contribution < -0.4 is 5.32 Å². The molecule has 7 heteroatoms. The summed E-state index contributed by atoms with van der Waals surface area (Å²) in [5, 5.41) is 23.7. The van der Waals surface area contributed by atoms with Crippen LogP contribution in [-0.4, -0.2) is 43.2 Å². The van der Waals surface area contributed by atoms with Crippen LogP contribution in [0.15, 0.2) is 36.7 Å². The number of carbonyl (C=O) groups is 1. The Bertz CT molecular complexity index is 1040. The highest BCUT2D eigenvalue weighted by Gasteiger charge is 2.43.